The molecule has 1 aromatic heterocycles. The number of rotatable bonds is 4. The maximum absolute atomic E-state index is 12.8. The third-order valence-electron chi connectivity index (χ3n) is 3.79. The van der Waals surface area contributed by atoms with Crippen LogP contribution >= 0.6 is 11.3 Å². The van der Waals surface area contributed by atoms with E-state index in [0.717, 1.165) is 28.5 Å². The molecule has 1 amide bonds. The van der Waals surface area contributed by atoms with Crippen LogP contribution in [0.25, 0.3) is 10.1 Å². The van der Waals surface area contributed by atoms with Crippen LogP contribution in [0, 0.1) is 18.3 Å². The van der Waals surface area contributed by atoms with Crippen LogP contribution in [0.4, 0.5) is 5.69 Å². The van der Waals surface area contributed by atoms with E-state index < -0.39 is 0 Å². The lowest BCUT2D eigenvalue weighted by atomic mass is 10.1. The first kappa shape index (κ1) is 13.9. The molecule has 0 unspecified atom stereocenters. The van der Waals surface area contributed by atoms with E-state index in [2.05, 4.69) is 12.1 Å². The molecule has 21 heavy (non-hydrogen) atoms. The Bertz CT molecular complexity index is 740. The molecule has 3 rings (SSSR count). The Morgan fingerprint density at radius 1 is 1.52 bits per heavy atom. The molecule has 0 saturated heterocycles. The summed E-state index contributed by atoms with van der Waals surface area (Å²) in [5.74, 6) is -0.0240. The molecule has 108 valence electrons. The lowest BCUT2D eigenvalue weighted by Crippen LogP contribution is -2.33. The zero-order valence-electron chi connectivity index (χ0n) is 11.9. The lowest BCUT2D eigenvalue weighted by molar-refractivity contribution is 0.0753. The number of carbonyl (C=O) groups excluding carboxylic acids is 1. The van der Waals surface area contributed by atoms with Crippen molar-refractivity contribution in [2.45, 2.75) is 32.2 Å². The molecule has 0 radical (unpaired) electrons. The van der Waals surface area contributed by atoms with Crippen molar-refractivity contribution in [3.63, 3.8) is 0 Å². The van der Waals surface area contributed by atoms with E-state index in [9.17, 15) is 4.79 Å². The number of benzene rings is 1. The summed E-state index contributed by atoms with van der Waals surface area (Å²) < 4.78 is 1.05. The topological polar surface area (TPSA) is 70.1 Å². The number of aryl methyl sites for hydroxylation is 1. The van der Waals surface area contributed by atoms with E-state index in [1.54, 1.807) is 0 Å². The largest absolute Gasteiger partial charge is 0.397 e. The van der Waals surface area contributed by atoms with Crippen molar-refractivity contribution in [3.05, 3.63) is 28.6 Å². The number of fused-ring (bicyclic) bond motifs is 1. The first-order valence-electron chi connectivity index (χ1n) is 7.08. The highest BCUT2D eigenvalue weighted by Gasteiger charge is 2.34. The van der Waals surface area contributed by atoms with Crippen molar-refractivity contribution in [3.8, 4) is 6.07 Å². The summed E-state index contributed by atoms with van der Waals surface area (Å²) in [5.41, 5.74) is 7.91. The number of anilines is 1. The Labute approximate surface area is 127 Å². The van der Waals surface area contributed by atoms with Crippen LogP contribution in [0.3, 0.4) is 0 Å². The highest BCUT2D eigenvalue weighted by atomic mass is 32.1. The summed E-state index contributed by atoms with van der Waals surface area (Å²) in [5, 5.41) is 9.71. The number of carbonyl (C=O) groups is 1. The van der Waals surface area contributed by atoms with Gasteiger partial charge in [-0.2, -0.15) is 5.26 Å². The Kier molecular flexibility index (Phi) is 3.56. The third kappa shape index (κ3) is 2.59. The van der Waals surface area contributed by atoms with E-state index in [1.165, 1.54) is 11.3 Å². The molecule has 1 aliphatic carbocycles. The van der Waals surface area contributed by atoms with Gasteiger partial charge >= 0.3 is 0 Å². The summed E-state index contributed by atoms with van der Waals surface area (Å²) in [6, 6.07) is 8.45. The van der Waals surface area contributed by atoms with Gasteiger partial charge in [0.1, 0.15) is 4.88 Å². The van der Waals surface area contributed by atoms with Crippen LogP contribution in [0.1, 0.15) is 34.5 Å². The average molecular weight is 299 g/mol. The minimum Gasteiger partial charge on any atom is -0.397 e. The molecule has 1 saturated carbocycles. The van der Waals surface area contributed by atoms with E-state index in [4.69, 9.17) is 11.0 Å². The Morgan fingerprint density at radius 2 is 2.29 bits per heavy atom. The van der Waals surface area contributed by atoms with Gasteiger partial charge in [-0.25, -0.2) is 0 Å². The summed E-state index contributed by atoms with van der Waals surface area (Å²) in [4.78, 5) is 15.2. The minimum atomic E-state index is -0.0240. The second kappa shape index (κ2) is 5.38. The maximum Gasteiger partial charge on any atom is 0.266 e. The molecule has 4 nitrogen and oxygen atoms in total. The van der Waals surface area contributed by atoms with Crippen molar-refractivity contribution in [2.75, 3.05) is 12.3 Å². The summed E-state index contributed by atoms with van der Waals surface area (Å²) in [6.07, 6.45) is 2.42. The Morgan fingerprint density at radius 3 is 2.95 bits per heavy atom. The fourth-order valence-corrected chi connectivity index (χ4v) is 3.70. The van der Waals surface area contributed by atoms with Crippen LogP contribution < -0.4 is 5.73 Å². The minimum absolute atomic E-state index is 0.0240. The van der Waals surface area contributed by atoms with Gasteiger partial charge in [0.05, 0.1) is 18.2 Å². The number of hydrogen-bond donors (Lipinski definition) is 1. The molecular weight excluding hydrogens is 282 g/mol. The van der Waals surface area contributed by atoms with Crippen molar-refractivity contribution < 1.29 is 4.79 Å². The zero-order chi connectivity index (χ0) is 15.0. The lowest BCUT2D eigenvalue weighted by Gasteiger charge is -2.20. The average Bonchev–Trinajstić information content (AvgIpc) is 3.24. The quantitative estimate of drug-likeness (QED) is 0.941. The van der Waals surface area contributed by atoms with Crippen LogP contribution in [0.2, 0.25) is 0 Å². The van der Waals surface area contributed by atoms with E-state index in [1.807, 2.05) is 24.0 Å². The number of thiophene rings is 1. The molecule has 2 N–H and O–H groups in total. The molecule has 1 heterocycles. The molecule has 5 heteroatoms. The van der Waals surface area contributed by atoms with Crippen LogP contribution in [-0.4, -0.2) is 23.4 Å². The highest BCUT2D eigenvalue weighted by Crippen LogP contribution is 2.37. The number of nitrogen functional groups attached to an aromatic ring is 1. The number of nitriles is 1. The van der Waals surface area contributed by atoms with Gasteiger partial charge in [0.25, 0.3) is 5.91 Å². The standard InChI is InChI=1S/C16H17N3OS/c1-10-3-6-12-13(9-10)21-15(14(12)18)16(20)19(8-2-7-17)11-4-5-11/h3,6,9,11H,2,4-5,8,18H2,1H3. The van der Waals surface area contributed by atoms with Gasteiger partial charge < -0.3 is 10.6 Å². The second-order valence-corrected chi connectivity index (χ2v) is 6.53. The number of nitrogens with zero attached hydrogens (tertiary/aromatic N) is 2. The summed E-state index contributed by atoms with van der Waals surface area (Å²) in [7, 11) is 0. The summed E-state index contributed by atoms with van der Waals surface area (Å²) in [6.45, 7) is 2.52. The maximum atomic E-state index is 12.8. The molecule has 2 aromatic rings. The zero-order valence-corrected chi connectivity index (χ0v) is 12.7. The van der Waals surface area contributed by atoms with Crippen molar-refractivity contribution >= 4 is 33.0 Å². The second-order valence-electron chi connectivity index (χ2n) is 5.48. The number of amides is 1. The van der Waals surface area contributed by atoms with Gasteiger partial charge in [0.2, 0.25) is 0 Å². The first-order valence-corrected chi connectivity index (χ1v) is 7.90. The van der Waals surface area contributed by atoms with Gasteiger partial charge in [-0.3, -0.25) is 4.79 Å². The van der Waals surface area contributed by atoms with Gasteiger partial charge in [-0.1, -0.05) is 12.1 Å². The SMILES string of the molecule is Cc1ccc2c(N)c(C(=O)N(CCC#N)C3CC3)sc2c1. The van der Waals surface area contributed by atoms with Crippen LogP contribution in [0.15, 0.2) is 18.2 Å². The van der Waals surface area contributed by atoms with Gasteiger partial charge in [-0.05, 0) is 31.4 Å². The normalized spacial score (nSPS) is 14.1. The van der Waals surface area contributed by atoms with E-state index in [-0.39, 0.29) is 11.9 Å². The van der Waals surface area contributed by atoms with E-state index in [0.29, 0.717) is 23.5 Å². The van der Waals surface area contributed by atoms with Crippen molar-refractivity contribution in [1.29, 1.82) is 5.26 Å². The predicted molar refractivity (Wildman–Crippen MR) is 85.3 cm³/mol. The smallest absolute Gasteiger partial charge is 0.266 e. The van der Waals surface area contributed by atoms with Crippen LogP contribution in [-0.2, 0) is 0 Å². The van der Waals surface area contributed by atoms with Gasteiger partial charge in [0, 0.05) is 22.7 Å². The van der Waals surface area contributed by atoms with Crippen molar-refractivity contribution in [1.82, 2.24) is 4.90 Å². The Balaban J connectivity index is 1.96. The Hall–Kier alpha value is -2.06. The molecule has 1 aromatic carbocycles. The molecule has 0 aliphatic heterocycles. The third-order valence-corrected chi connectivity index (χ3v) is 4.95. The summed E-state index contributed by atoms with van der Waals surface area (Å²) >= 11 is 1.45. The molecule has 0 atom stereocenters. The molecular formula is C16H17N3OS. The highest BCUT2D eigenvalue weighted by molar-refractivity contribution is 7.21. The predicted octanol–water partition coefficient (Wildman–Crippen LogP) is 3.31. The van der Waals surface area contributed by atoms with E-state index >= 15 is 0 Å². The first-order chi connectivity index (χ1) is 10.1. The number of nitrogens with two attached hydrogens (primary N) is 1. The van der Waals surface area contributed by atoms with Crippen molar-refractivity contribution in [2.24, 2.45) is 0 Å². The van der Waals surface area contributed by atoms with Crippen LogP contribution in [0.5, 0.6) is 0 Å². The molecule has 0 bridgehead atoms. The van der Waals surface area contributed by atoms with Gasteiger partial charge in [0.15, 0.2) is 0 Å². The molecule has 0 spiro atoms. The molecule has 1 aliphatic rings. The molecule has 1 fully saturated rings. The monoisotopic (exact) mass is 299 g/mol. The fraction of sp³-hybridized carbons (Fsp3) is 0.375. The fourth-order valence-electron chi connectivity index (χ4n) is 2.52. The number of hydrogen-bond acceptors (Lipinski definition) is 4. The van der Waals surface area contributed by atoms with Gasteiger partial charge in [-0.15, -0.1) is 11.3 Å².